The molecular weight excluding hydrogens is 330 g/mol. The SMILES string of the molecule is COc1cc(C)c(S(=O)(=O)NC2(C)CCOC2C2CC2)cc1OC. The van der Waals surface area contributed by atoms with Gasteiger partial charge < -0.3 is 14.2 Å². The summed E-state index contributed by atoms with van der Waals surface area (Å²) in [6, 6.07) is 3.20. The Morgan fingerprint density at radius 3 is 2.42 bits per heavy atom. The summed E-state index contributed by atoms with van der Waals surface area (Å²) in [6.07, 6.45) is 2.85. The third-order valence-corrected chi connectivity index (χ3v) is 6.69. The Morgan fingerprint density at radius 1 is 1.21 bits per heavy atom. The lowest BCUT2D eigenvalue weighted by Gasteiger charge is -2.31. The second kappa shape index (κ2) is 6.20. The highest BCUT2D eigenvalue weighted by molar-refractivity contribution is 7.89. The molecule has 2 fully saturated rings. The summed E-state index contributed by atoms with van der Waals surface area (Å²) in [5.41, 5.74) is 0.0465. The van der Waals surface area contributed by atoms with Gasteiger partial charge in [0.2, 0.25) is 10.0 Å². The molecule has 1 aliphatic carbocycles. The quantitative estimate of drug-likeness (QED) is 0.847. The molecule has 6 nitrogen and oxygen atoms in total. The third-order valence-electron chi connectivity index (χ3n) is 4.94. The van der Waals surface area contributed by atoms with E-state index in [4.69, 9.17) is 14.2 Å². The van der Waals surface area contributed by atoms with Gasteiger partial charge in [-0.25, -0.2) is 13.1 Å². The second-order valence-electron chi connectivity index (χ2n) is 6.87. The van der Waals surface area contributed by atoms with E-state index < -0.39 is 15.6 Å². The van der Waals surface area contributed by atoms with Crippen LogP contribution in [-0.4, -0.2) is 40.9 Å². The van der Waals surface area contributed by atoms with E-state index in [0.717, 1.165) is 12.8 Å². The van der Waals surface area contributed by atoms with Crippen molar-refractivity contribution in [2.45, 2.75) is 49.6 Å². The largest absolute Gasteiger partial charge is 0.493 e. The van der Waals surface area contributed by atoms with Crippen molar-refractivity contribution in [1.82, 2.24) is 4.72 Å². The minimum atomic E-state index is -3.69. The zero-order valence-electron chi connectivity index (χ0n) is 14.6. The lowest BCUT2D eigenvalue weighted by Crippen LogP contribution is -2.52. The predicted molar refractivity (Wildman–Crippen MR) is 90.1 cm³/mol. The Kier molecular flexibility index (Phi) is 4.53. The van der Waals surface area contributed by atoms with Crippen molar-refractivity contribution in [3.63, 3.8) is 0 Å². The molecule has 1 heterocycles. The van der Waals surface area contributed by atoms with E-state index >= 15 is 0 Å². The van der Waals surface area contributed by atoms with E-state index in [1.165, 1.54) is 20.3 Å². The molecule has 0 bridgehead atoms. The normalized spacial score (nSPS) is 27.2. The van der Waals surface area contributed by atoms with Crippen LogP contribution in [0.5, 0.6) is 11.5 Å². The highest BCUT2D eigenvalue weighted by atomic mass is 32.2. The molecule has 134 valence electrons. The van der Waals surface area contributed by atoms with Gasteiger partial charge in [0.05, 0.1) is 30.8 Å². The summed E-state index contributed by atoms with van der Waals surface area (Å²) < 4.78 is 45.2. The van der Waals surface area contributed by atoms with Gasteiger partial charge in [0, 0.05) is 12.7 Å². The third kappa shape index (κ3) is 3.12. The molecule has 2 atom stereocenters. The molecule has 2 unspecified atom stereocenters. The van der Waals surface area contributed by atoms with Gasteiger partial charge in [0.1, 0.15) is 0 Å². The molecule has 1 aliphatic heterocycles. The van der Waals surface area contributed by atoms with E-state index in [-0.39, 0.29) is 11.0 Å². The maximum Gasteiger partial charge on any atom is 0.241 e. The lowest BCUT2D eigenvalue weighted by atomic mass is 9.92. The number of methoxy groups -OCH3 is 2. The van der Waals surface area contributed by atoms with Crippen molar-refractivity contribution in [3.05, 3.63) is 17.7 Å². The first-order valence-electron chi connectivity index (χ1n) is 8.19. The number of benzene rings is 1. The zero-order valence-corrected chi connectivity index (χ0v) is 15.4. The van der Waals surface area contributed by atoms with Crippen molar-refractivity contribution in [2.75, 3.05) is 20.8 Å². The van der Waals surface area contributed by atoms with Gasteiger partial charge in [-0.15, -0.1) is 0 Å². The van der Waals surface area contributed by atoms with Crippen LogP contribution in [-0.2, 0) is 14.8 Å². The smallest absolute Gasteiger partial charge is 0.241 e. The molecule has 1 aromatic carbocycles. The number of rotatable bonds is 6. The van der Waals surface area contributed by atoms with E-state index in [2.05, 4.69) is 4.72 Å². The lowest BCUT2D eigenvalue weighted by molar-refractivity contribution is 0.0629. The Bertz CT molecular complexity index is 729. The van der Waals surface area contributed by atoms with Gasteiger partial charge in [-0.2, -0.15) is 0 Å². The molecule has 3 rings (SSSR count). The molecule has 1 N–H and O–H groups in total. The van der Waals surface area contributed by atoms with Crippen LogP contribution in [0.15, 0.2) is 17.0 Å². The highest BCUT2D eigenvalue weighted by Gasteiger charge is 2.50. The number of sulfonamides is 1. The number of ether oxygens (including phenoxy) is 3. The number of aryl methyl sites for hydroxylation is 1. The minimum absolute atomic E-state index is 0.0484. The van der Waals surface area contributed by atoms with E-state index in [1.807, 2.05) is 6.92 Å². The van der Waals surface area contributed by atoms with E-state index in [0.29, 0.717) is 36.0 Å². The molecule has 0 spiro atoms. The fourth-order valence-corrected chi connectivity index (χ4v) is 5.19. The standard InChI is InChI=1S/C17H25NO5S/c1-11-9-13(21-3)14(22-4)10-15(11)24(19,20)18-17(2)7-8-23-16(17)12-5-6-12/h9-10,12,16,18H,5-8H2,1-4H3. The Hall–Kier alpha value is -1.31. The average Bonchev–Trinajstić information content (AvgIpc) is 3.29. The number of hydrogen-bond donors (Lipinski definition) is 1. The molecular formula is C17H25NO5S. The van der Waals surface area contributed by atoms with Crippen LogP contribution in [0.25, 0.3) is 0 Å². The van der Waals surface area contributed by atoms with Crippen molar-refractivity contribution in [1.29, 1.82) is 0 Å². The maximum atomic E-state index is 13.0. The summed E-state index contributed by atoms with van der Waals surface area (Å²) in [5.74, 6) is 1.38. The molecule has 0 aromatic heterocycles. The van der Waals surface area contributed by atoms with Crippen molar-refractivity contribution < 1.29 is 22.6 Å². The van der Waals surface area contributed by atoms with Crippen LogP contribution < -0.4 is 14.2 Å². The molecule has 7 heteroatoms. The van der Waals surface area contributed by atoms with Crippen LogP contribution in [0, 0.1) is 12.8 Å². The first kappa shape index (κ1) is 17.5. The second-order valence-corrected chi connectivity index (χ2v) is 8.53. The summed E-state index contributed by atoms with van der Waals surface area (Å²) in [5, 5.41) is 0. The van der Waals surface area contributed by atoms with Crippen molar-refractivity contribution >= 4 is 10.0 Å². The van der Waals surface area contributed by atoms with Crippen LogP contribution in [0.2, 0.25) is 0 Å². The van der Waals surface area contributed by atoms with Crippen LogP contribution in [0.1, 0.15) is 31.7 Å². The van der Waals surface area contributed by atoms with Crippen molar-refractivity contribution in [3.8, 4) is 11.5 Å². The minimum Gasteiger partial charge on any atom is -0.493 e. The highest BCUT2D eigenvalue weighted by Crippen LogP contribution is 2.44. The topological polar surface area (TPSA) is 73.9 Å². The van der Waals surface area contributed by atoms with Crippen LogP contribution in [0.4, 0.5) is 0 Å². The monoisotopic (exact) mass is 355 g/mol. The Morgan fingerprint density at radius 2 is 1.83 bits per heavy atom. The van der Waals surface area contributed by atoms with Gasteiger partial charge in [-0.05, 0) is 50.7 Å². The molecule has 24 heavy (non-hydrogen) atoms. The molecule has 1 saturated carbocycles. The summed E-state index contributed by atoms with van der Waals surface area (Å²) >= 11 is 0. The zero-order chi connectivity index (χ0) is 17.5. The predicted octanol–water partition coefficient (Wildman–Crippen LogP) is 2.25. The van der Waals surface area contributed by atoms with E-state index in [1.54, 1.807) is 13.0 Å². The van der Waals surface area contributed by atoms with Crippen LogP contribution >= 0.6 is 0 Å². The summed E-state index contributed by atoms with van der Waals surface area (Å²) in [4.78, 5) is 0.211. The van der Waals surface area contributed by atoms with Crippen LogP contribution in [0.3, 0.4) is 0 Å². The van der Waals surface area contributed by atoms with Crippen molar-refractivity contribution in [2.24, 2.45) is 5.92 Å². The fourth-order valence-electron chi connectivity index (χ4n) is 3.50. The van der Waals surface area contributed by atoms with E-state index in [9.17, 15) is 8.42 Å². The molecule has 2 aliphatic rings. The first-order chi connectivity index (χ1) is 11.3. The van der Waals surface area contributed by atoms with Gasteiger partial charge in [-0.1, -0.05) is 0 Å². The fraction of sp³-hybridized carbons (Fsp3) is 0.647. The van der Waals surface area contributed by atoms with Gasteiger partial charge in [0.15, 0.2) is 11.5 Å². The Labute approximate surface area is 143 Å². The maximum absolute atomic E-state index is 13.0. The summed E-state index contributed by atoms with van der Waals surface area (Å²) in [7, 11) is -0.674. The first-order valence-corrected chi connectivity index (χ1v) is 9.67. The average molecular weight is 355 g/mol. The number of hydrogen-bond acceptors (Lipinski definition) is 5. The number of nitrogens with one attached hydrogen (secondary N) is 1. The summed E-state index contributed by atoms with van der Waals surface area (Å²) in [6.45, 7) is 4.28. The Balaban J connectivity index is 1.93. The van der Waals surface area contributed by atoms with Gasteiger partial charge in [-0.3, -0.25) is 0 Å². The molecule has 0 amide bonds. The molecule has 1 aromatic rings. The molecule has 1 saturated heterocycles. The van der Waals surface area contributed by atoms with Gasteiger partial charge in [0.25, 0.3) is 0 Å². The van der Waals surface area contributed by atoms with Gasteiger partial charge >= 0.3 is 0 Å². The molecule has 0 radical (unpaired) electrons.